The lowest BCUT2D eigenvalue weighted by atomic mass is 10.2. The first kappa shape index (κ1) is 14.4. The minimum atomic E-state index is -0.0346. The summed E-state index contributed by atoms with van der Waals surface area (Å²) in [6, 6.07) is 7.59. The Hall–Kier alpha value is -2.01. The Bertz CT molecular complexity index is 604. The van der Waals surface area contributed by atoms with Gasteiger partial charge in [-0.25, -0.2) is 0 Å². The topological polar surface area (TPSA) is 71.3 Å². The average Bonchev–Trinajstić information content (AvgIpc) is 2.84. The molecule has 1 aromatic carbocycles. The zero-order chi connectivity index (χ0) is 14.7. The van der Waals surface area contributed by atoms with E-state index in [-0.39, 0.29) is 11.9 Å². The van der Waals surface area contributed by atoms with Gasteiger partial charge in [0.15, 0.2) is 0 Å². The van der Waals surface area contributed by atoms with Crippen LogP contribution < -0.4 is 5.73 Å². The van der Waals surface area contributed by atoms with Gasteiger partial charge in [-0.3, -0.25) is 4.79 Å². The second-order valence-corrected chi connectivity index (χ2v) is 5.08. The Morgan fingerprint density at radius 1 is 1.45 bits per heavy atom. The predicted octanol–water partition coefficient (Wildman–Crippen LogP) is 2.25. The first-order valence-corrected chi connectivity index (χ1v) is 6.71. The van der Waals surface area contributed by atoms with Crippen molar-refractivity contribution >= 4 is 22.5 Å². The molecule has 0 aliphatic heterocycles. The van der Waals surface area contributed by atoms with E-state index in [4.69, 9.17) is 10.5 Å². The lowest BCUT2D eigenvalue weighted by Crippen LogP contribution is -2.39. The summed E-state index contributed by atoms with van der Waals surface area (Å²) < 4.78 is 5.06. The molecule has 5 nitrogen and oxygen atoms in total. The van der Waals surface area contributed by atoms with Gasteiger partial charge in [0.05, 0.1) is 17.8 Å². The molecule has 0 fully saturated rings. The van der Waals surface area contributed by atoms with Crippen LogP contribution in [0, 0.1) is 0 Å². The third-order valence-electron chi connectivity index (χ3n) is 3.34. The summed E-state index contributed by atoms with van der Waals surface area (Å²) in [6.07, 6.45) is 0. The molecule has 2 rings (SSSR count). The highest BCUT2D eigenvalue weighted by molar-refractivity contribution is 6.00. The van der Waals surface area contributed by atoms with Gasteiger partial charge in [0.2, 0.25) is 0 Å². The van der Waals surface area contributed by atoms with E-state index in [1.807, 2.05) is 38.1 Å². The molecule has 0 bridgehead atoms. The van der Waals surface area contributed by atoms with Crippen molar-refractivity contribution in [1.29, 1.82) is 0 Å². The summed E-state index contributed by atoms with van der Waals surface area (Å²) >= 11 is 0. The summed E-state index contributed by atoms with van der Waals surface area (Å²) in [5.41, 5.74) is 7.93. The third-order valence-corrected chi connectivity index (χ3v) is 3.34. The minimum absolute atomic E-state index is 0.0346. The Kier molecular flexibility index (Phi) is 4.29. The maximum Gasteiger partial charge on any atom is 0.270 e. The quantitative estimate of drug-likeness (QED) is 0.822. The number of nitrogen functional groups attached to an aromatic ring is 1. The number of benzene rings is 1. The molecule has 1 heterocycles. The molecule has 0 saturated carbocycles. The van der Waals surface area contributed by atoms with E-state index in [2.05, 4.69) is 4.98 Å². The van der Waals surface area contributed by atoms with E-state index in [9.17, 15) is 4.79 Å². The number of carbonyl (C=O) groups excluding carboxylic acids is 1. The number of fused-ring (bicyclic) bond motifs is 1. The molecule has 1 amide bonds. The van der Waals surface area contributed by atoms with Gasteiger partial charge < -0.3 is 20.4 Å². The predicted molar refractivity (Wildman–Crippen MR) is 80.8 cm³/mol. The van der Waals surface area contributed by atoms with Crippen LogP contribution in [-0.4, -0.2) is 42.1 Å². The number of nitrogens with zero attached hydrogens (tertiary/aromatic N) is 1. The zero-order valence-electron chi connectivity index (χ0n) is 12.1. The molecule has 1 aromatic heterocycles. The van der Waals surface area contributed by atoms with Crippen molar-refractivity contribution < 1.29 is 9.53 Å². The molecule has 0 radical (unpaired) electrons. The Morgan fingerprint density at radius 2 is 2.20 bits per heavy atom. The van der Waals surface area contributed by atoms with Crippen molar-refractivity contribution in [2.45, 2.75) is 19.9 Å². The second-order valence-electron chi connectivity index (χ2n) is 5.08. The number of para-hydroxylation sites is 1. The fourth-order valence-corrected chi connectivity index (χ4v) is 2.23. The number of aromatic nitrogens is 1. The monoisotopic (exact) mass is 275 g/mol. The van der Waals surface area contributed by atoms with Crippen molar-refractivity contribution in [2.75, 3.05) is 26.0 Å². The lowest BCUT2D eigenvalue weighted by molar-refractivity contribution is 0.0630. The van der Waals surface area contributed by atoms with Gasteiger partial charge in [-0.15, -0.1) is 0 Å². The van der Waals surface area contributed by atoms with E-state index in [0.717, 1.165) is 10.9 Å². The normalized spacial score (nSPS) is 11.2. The highest BCUT2D eigenvalue weighted by Gasteiger charge is 2.20. The molecule has 5 heteroatoms. The number of carbonyl (C=O) groups is 1. The molecule has 20 heavy (non-hydrogen) atoms. The van der Waals surface area contributed by atoms with Gasteiger partial charge in [0, 0.05) is 25.1 Å². The molecule has 0 saturated heterocycles. The van der Waals surface area contributed by atoms with E-state index < -0.39 is 0 Å². The average molecular weight is 275 g/mol. The number of rotatable bonds is 5. The number of amides is 1. The maximum absolute atomic E-state index is 12.6. The number of ether oxygens (including phenoxy) is 1. The van der Waals surface area contributed by atoms with E-state index in [0.29, 0.717) is 24.5 Å². The van der Waals surface area contributed by atoms with Gasteiger partial charge in [-0.05, 0) is 26.0 Å². The van der Waals surface area contributed by atoms with Gasteiger partial charge >= 0.3 is 0 Å². The fraction of sp³-hybridized carbons (Fsp3) is 0.400. The maximum atomic E-state index is 12.6. The van der Waals surface area contributed by atoms with Crippen molar-refractivity contribution in [2.24, 2.45) is 0 Å². The van der Waals surface area contributed by atoms with Crippen LogP contribution in [0.3, 0.4) is 0 Å². The van der Waals surface area contributed by atoms with Gasteiger partial charge in [0.25, 0.3) is 5.91 Å². The SMILES string of the molecule is COCCN(C(=O)c1cc2cccc(N)c2[nH]1)C(C)C. The summed E-state index contributed by atoms with van der Waals surface area (Å²) in [6.45, 7) is 5.07. The molecule has 2 aromatic rings. The Morgan fingerprint density at radius 3 is 2.80 bits per heavy atom. The standard InChI is InChI=1S/C15H21N3O2/c1-10(2)18(7-8-20-3)15(19)13-9-11-5-4-6-12(16)14(11)17-13/h4-6,9-10,17H,7-8,16H2,1-3H3. The molecule has 108 valence electrons. The highest BCUT2D eigenvalue weighted by atomic mass is 16.5. The van der Waals surface area contributed by atoms with Crippen LogP contribution in [0.25, 0.3) is 10.9 Å². The summed E-state index contributed by atoms with van der Waals surface area (Å²) in [5.74, 6) is -0.0346. The number of aromatic amines is 1. The molecule has 0 spiro atoms. The Labute approximate surface area is 118 Å². The number of nitrogens with two attached hydrogens (primary N) is 1. The number of methoxy groups -OCH3 is 1. The van der Waals surface area contributed by atoms with E-state index >= 15 is 0 Å². The van der Waals surface area contributed by atoms with Crippen LogP contribution in [0.1, 0.15) is 24.3 Å². The van der Waals surface area contributed by atoms with E-state index in [1.165, 1.54) is 0 Å². The summed E-state index contributed by atoms with van der Waals surface area (Å²) in [7, 11) is 1.63. The van der Waals surface area contributed by atoms with Crippen LogP contribution in [0.2, 0.25) is 0 Å². The third kappa shape index (κ3) is 2.77. The van der Waals surface area contributed by atoms with Crippen LogP contribution >= 0.6 is 0 Å². The van der Waals surface area contributed by atoms with Crippen molar-refractivity contribution in [3.05, 3.63) is 30.0 Å². The van der Waals surface area contributed by atoms with Crippen molar-refractivity contribution in [3.63, 3.8) is 0 Å². The number of H-pyrrole nitrogens is 1. The van der Waals surface area contributed by atoms with Crippen LogP contribution in [0.5, 0.6) is 0 Å². The largest absolute Gasteiger partial charge is 0.397 e. The summed E-state index contributed by atoms with van der Waals surface area (Å²) in [5, 5.41) is 0.948. The minimum Gasteiger partial charge on any atom is -0.397 e. The molecular weight excluding hydrogens is 254 g/mol. The van der Waals surface area contributed by atoms with Gasteiger partial charge in [0.1, 0.15) is 5.69 Å². The Balaban J connectivity index is 2.31. The highest BCUT2D eigenvalue weighted by Crippen LogP contribution is 2.22. The smallest absolute Gasteiger partial charge is 0.270 e. The first-order valence-electron chi connectivity index (χ1n) is 6.71. The van der Waals surface area contributed by atoms with Crippen LogP contribution in [0.4, 0.5) is 5.69 Å². The van der Waals surface area contributed by atoms with Crippen LogP contribution in [-0.2, 0) is 4.74 Å². The van der Waals surface area contributed by atoms with Crippen molar-refractivity contribution in [3.8, 4) is 0 Å². The van der Waals surface area contributed by atoms with Gasteiger partial charge in [-0.1, -0.05) is 12.1 Å². The van der Waals surface area contributed by atoms with Crippen LogP contribution in [0.15, 0.2) is 24.3 Å². The fourth-order valence-electron chi connectivity index (χ4n) is 2.23. The molecule has 0 aliphatic rings. The number of hydrogen-bond acceptors (Lipinski definition) is 3. The number of anilines is 1. The first-order chi connectivity index (χ1) is 9.54. The molecular formula is C15H21N3O2. The van der Waals surface area contributed by atoms with Crippen molar-refractivity contribution in [1.82, 2.24) is 9.88 Å². The molecule has 0 atom stereocenters. The molecule has 0 aliphatic carbocycles. The molecule has 3 N–H and O–H groups in total. The van der Waals surface area contributed by atoms with Gasteiger partial charge in [-0.2, -0.15) is 0 Å². The van der Waals surface area contributed by atoms with E-state index in [1.54, 1.807) is 12.0 Å². The zero-order valence-corrected chi connectivity index (χ0v) is 12.1. The number of hydrogen-bond donors (Lipinski definition) is 2. The molecule has 0 unspecified atom stereocenters. The summed E-state index contributed by atoms with van der Waals surface area (Å²) in [4.78, 5) is 17.5. The number of nitrogens with one attached hydrogen (secondary N) is 1. The second kappa shape index (κ2) is 5.96. The lowest BCUT2D eigenvalue weighted by Gasteiger charge is -2.25.